The van der Waals surface area contributed by atoms with E-state index in [1.807, 2.05) is 12.1 Å². The molecule has 0 unspecified atom stereocenters. The van der Waals surface area contributed by atoms with Crippen LogP contribution >= 0.6 is 23.1 Å². The van der Waals surface area contributed by atoms with Crippen molar-refractivity contribution in [2.75, 3.05) is 15.8 Å². The minimum absolute atomic E-state index is 0.0212. The predicted molar refractivity (Wildman–Crippen MR) is 134 cm³/mol. The molecule has 10 nitrogen and oxygen atoms in total. The number of anilines is 2. The number of carbonyl (C=O) groups is 1. The molecule has 0 aliphatic carbocycles. The third kappa shape index (κ3) is 5.93. The third-order valence-corrected chi connectivity index (χ3v) is 7.54. The van der Waals surface area contributed by atoms with Crippen LogP contribution in [-0.4, -0.2) is 35.0 Å². The maximum atomic E-state index is 12.4. The fraction of sp³-hybridized carbons (Fsp3) is 0.0455. The Balaban J connectivity index is 1.41. The molecule has 13 heteroatoms. The molecule has 2 heterocycles. The summed E-state index contributed by atoms with van der Waals surface area (Å²) in [5, 5.41) is 14.1. The van der Waals surface area contributed by atoms with Gasteiger partial charge in [-0.2, -0.15) is 5.26 Å². The lowest BCUT2D eigenvalue weighted by Gasteiger charge is -2.08. The summed E-state index contributed by atoms with van der Waals surface area (Å²) in [4.78, 5) is 35.5. The standard InChI is InChI=1S/C22H16N6O4S3/c23-12-17-19(14-4-2-1-3-5-14)26-22(27-20(17)30)34-13-18(29)25-15-6-8-16(9-7-15)35(31,32)28-21-24-10-11-33-21/h1-11H,13H2,(H,24,28)(H,25,29)(H,26,27,30). The van der Waals surface area contributed by atoms with Gasteiger partial charge in [0.2, 0.25) is 5.91 Å². The van der Waals surface area contributed by atoms with Crippen molar-refractivity contribution in [1.82, 2.24) is 15.0 Å². The molecule has 3 N–H and O–H groups in total. The number of benzene rings is 2. The van der Waals surface area contributed by atoms with E-state index in [1.54, 1.807) is 29.6 Å². The molecular weight excluding hydrogens is 508 g/mol. The van der Waals surface area contributed by atoms with Crippen LogP contribution in [0.2, 0.25) is 0 Å². The molecule has 0 radical (unpaired) electrons. The summed E-state index contributed by atoms with van der Waals surface area (Å²) in [7, 11) is -3.80. The van der Waals surface area contributed by atoms with E-state index in [2.05, 4.69) is 25.0 Å². The lowest BCUT2D eigenvalue weighted by atomic mass is 10.1. The highest BCUT2D eigenvalue weighted by molar-refractivity contribution is 7.99. The lowest BCUT2D eigenvalue weighted by Crippen LogP contribution is -2.17. The second-order valence-corrected chi connectivity index (χ2v) is 10.4. The van der Waals surface area contributed by atoms with Crippen molar-refractivity contribution in [1.29, 1.82) is 5.26 Å². The van der Waals surface area contributed by atoms with E-state index in [0.717, 1.165) is 23.1 Å². The maximum absolute atomic E-state index is 12.4. The van der Waals surface area contributed by atoms with Gasteiger partial charge in [-0.15, -0.1) is 11.3 Å². The predicted octanol–water partition coefficient (Wildman–Crippen LogP) is 3.30. The number of aromatic amines is 1. The van der Waals surface area contributed by atoms with Gasteiger partial charge in [-0.1, -0.05) is 42.1 Å². The van der Waals surface area contributed by atoms with Crippen molar-refractivity contribution in [3.63, 3.8) is 0 Å². The Morgan fingerprint density at radius 1 is 1.14 bits per heavy atom. The summed E-state index contributed by atoms with van der Waals surface area (Å²) >= 11 is 2.16. The van der Waals surface area contributed by atoms with Crippen molar-refractivity contribution in [3.8, 4) is 17.3 Å². The number of nitriles is 1. The lowest BCUT2D eigenvalue weighted by molar-refractivity contribution is -0.113. The molecule has 0 bridgehead atoms. The molecule has 0 atom stereocenters. The summed E-state index contributed by atoms with van der Waals surface area (Å²) in [6.45, 7) is 0. The molecule has 4 rings (SSSR count). The highest BCUT2D eigenvalue weighted by atomic mass is 32.2. The number of thiazole rings is 1. The molecule has 0 saturated heterocycles. The van der Waals surface area contributed by atoms with Gasteiger partial charge >= 0.3 is 0 Å². The first-order valence-corrected chi connectivity index (χ1v) is 13.3. The first-order valence-electron chi connectivity index (χ1n) is 9.90. The Labute approximate surface area is 208 Å². The summed E-state index contributed by atoms with van der Waals surface area (Å²) in [5.74, 6) is -0.464. The molecule has 0 aliphatic rings. The van der Waals surface area contributed by atoms with E-state index in [-0.39, 0.29) is 38.1 Å². The minimum atomic E-state index is -3.80. The van der Waals surface area contributed by atoms with Gasteiger partial charge in [-0.05, 0) is 24.3 Å². The number of sulfonamides is 1. The smallest absolute Gasteiger partial charge is 0.270 e. The van der Waals surface area contributed by atoms with Crippen LogP contribution in [0, 0.1) is 11.3 Å². The first-order chi connectivity index (χ1) is 16.9. The van der Waals surface area contributed by atoms with Gasteiger partial charge in [0.25, 0.3) is 15.6 Å². The number of H-pyrrole nitrogens is 1. The fourth-order valence-electron chi connectivity index (χ4n) is 2.93. The molecule has 4 aromatic rings. The second-order valence-electron chi connectivity index (χ2n) is 6.88. The fourth-order valence-corrected chi connectivity index (χ4v) is 5.38. The molecule has 0 fully saturated rings. The molecule has 0 aliphatic heterocycles. The Kier molecular flexibility index (Phi) is 7.25. The molecule has 0 saturated carbocycles. The van der Waals surface area contributed by atoms with Gasteiger partial charge < -0.3 is 10.3 Å². The van der Waals surface area contributed by atoms with Crippen LogP contribution in [0.4, 0.5) is 10.8 Å². The topological polar surface area (TPSA) is 158 Å². The van der Waals surface area contributed by atoms with Crippen LogP contribution < -0.4 is 15.6 Å². The summed E-state index contributed by atoms with van der Waals surface area (Å²) in [6.07, 6.45) is 1.49. The maximum Gasteiger partial charge on any atom is 0.270 e. The molecule has 1 amide bonds. The zero-order valence-electron chi connectivity index (χ0n) is 17.8. The van der Waals surface area contributed by atoms with Crippen LogP contribution in [0.3, 0.4) is 0 Å². The van der Waals surface area contributed by atoms with Crippen LogP contribution in [0.15, 0.2) is 81.0 Å². The highest BCUT2D eigenvalue weighted by Gasteiger charge is 2.17. The zero-order valence-corrected chi connectivity index (χ0v) is 20.2. The molecule has 35 heavy (non-hydrogen) atoms. The van der Waals surface area contributed by atoms with E-state index in [4.69, 9.17) is 0 Å². The first kappa shape index (κ1) is 24.1. The van der Waals surface area contributed by atoms with Gasteiger partial charge in [0.1, 0.15) is 11.6 Å². The quantitative estimate of drug-likeness (QED) is 0.234. The Hall–Kier alpha value is -3.99. The minimum Gasteiger partial charge on any atom is -0.325 e. The number of amides is 1. The Morgan fingerprint density at radius 3 is 2.54 bits per heavy atom. The van der Waals surface area contributed by atoms with Crippen molar-refractivity contribution >= 4 is 49.8 Å². The van der Waals surface area contributed by atoms with Crippen LogP contribution in [0.5, 0.6) is 0 Å². The van der Waals surface area contributed by atoms with Crippen molar-refractivity contribution < 1.29 is 13.2 Å². The number of nitrogens with one attached hydrogen (secondary N) is 3. The number of carbonyl (C=O) groups excluding carboxylic acids is 1. The molecule has 176 valence electrons. The zero-order chi connectivity index (χ0) is 24.8. The number of rotatable bonds is 8. The average molecular weight is 525 g/mol. The van der Waals surface area contributed by atoms with Crippen LogP contribution in [-0.2, 0) is 14.8 Å². The summed E-state index contributed by atoms with van der Waals surface area (Å²) in [6, 6.07) is 16.4. The van der Waals surface area contributed by atoms with Gasteiger partial charge in [0, 0.05) is 22.8 Å². The number of thioether (sulfide) groups is 1. The van der Waals surface area contributed by atoms with E-state index < -0.39 is 15.6 Å². The summed E-state index contributed by atoms with van der Waals surface area (Å²) in [5.41, 5.74) is 0.552. The molecule has 2 aromatic heterocycles. The Morgan fingerprint density at radius 2 is 1.89 bits per heavy atom. The van der Waals surface area contributed by atoms with E-state index in [1.165, 1.54) is 30.5 Å². The van der Waals surface area contributed by atoms with E-state index in [0.29, 0.717) is 11.3 Å². The number of hydrogen-bond donors (Lipinski definition) is 3. The highest BCUT2D eigenvalue weighted by Crippen LogP contribution is 2.23. The normalized spacial score (nSPS) is 10.9. The number of aromatic nitrogens is 3. The van der Waals surface area contributed by atoms with Gasteiger partial charge in [-0.25, -0.2) is 18.4 Å². The van der Waals surface area contributed by atoms with Gasteiger partial charge in [0.15, 0.2) is 10.3 Å². The van der Waals surface area contributed by atoms with E-state index in [9.17, 15) is 23.3 Å². The second kappa shape index (κ2) is 10.5. The van der Waals surface area contributed by atoms with Crippen molar-refractivity contribution in [2.24, 2.45) is 0 Å². The third-order valence-electron chi connectivity index (χ3n) is 4.50. The number of nitrogens with zero attached hydrogens (tertiary/aromatic N) is 3. The molecule has 2 aromatic carbocycles. The average Bonchev–Trinajstić information content (AvgIpc) is 3.35. The van der Waals surface area contributed by atoms with Crippen LogP contribution in [0.25, 0.3) is 11.3 Å². The van der Waals surface area contributed by atoms with Crippen molar-refractivity contribution in [3.05, 3.63) is 82.1 Å². The van der Waals surface area contributed by atoms with Gasteiger partial charge in [-0.3, -0.25) is 14.3 Å². The SMILES string of the molecule is N#Cc1c(-c2ccccc2)nc(SCC(=O)Nc2ccc(S(=O)(=O)Nc3nccs3)cc2)[nH]c1=O. The van der Waals surface area contributed by atoms with Crippen molar-refractivity contribution in [2.45, 2.75) is 10.1 Å². The van der Waals surface area contributed by atoms with Crippen LogP contribution in [0.1, 0.15) is 5.56 Å². The Bertz CT molecular complexity index is 1550. The molecule has 0 spiro atoms. The number of hydrogen-bond acceptors (Lipinski definition) is 9. The molecular formula is C22H16N6O4S3. The largest absolute Gasteiger partial charge is 0.325 e. The van der Waals surface area contributed by atoms with Gasteiger partial charge in [0.05, 0.1) is 16.3 Å². The monoisotopic (exact) mass is 524 g/mol. The summed E-state index contributed by atoms with van der Waals surface area (Å²) < 4.78 is 27.2. The van der Waals surface area contributed by atoms with E-state index >= 15 is 0 Å².